The molecule has 0 fully saturated rings. The fraction of sp³-hybridized carbons (Fsp3) is 0.500. The molecule has 1 rings (SSSR count). The van der Waals surface area contributed by atoms with Crippen molar-refractivity contribution in [3.05, 3.63) is 0 Å². The Morgan fingerprint density at radius 1 is 1.00 bits per heavy atom. The van der Waals surface area contributed by atoms with Crippen molar-refractivity contribution < 1.29 is 0 Å². The van der Waals surface area contributed by atoms with Crippen LogP contribution in [-0.4, -0.2) is 27.5 Å². The maximum atomic E-state index is 5.17. The zero-order chi connectivity index (χ0) is 11.1. The molecular weight excluding hydrogens is 184 g/mol. The van der Waals surface area contributed by atoms with Gasteiger partial charge in [0.25, 0.3) is 0 Å². The fourth-order valence-electron chi connectivity index (χ4n) is 0.427. The predicted octanol–water partition coefficient (Wildman–Crippen LogP) is -2.09. The Labute approximate surface area is 81.9 Å². The minimum Gasteiger partial charge on any atom is -0.368 e. The van der Waals surface area contributed by atoms with Crippen LogP contribution in [0.4, 0.5) is 17.8 Å². The van der Waals surface area contributed by atoms with Crippen molar-refractivity contribution in [3.63, 3.8) is 0 Å². The van der Waals surface area contributed by atoms with E-state index in [4.69, 9.17) is 28.7 Å². The molecule has 10 N–H and O–H groups in total. The highest BCUT2D eigenvalue weighted by Gasteiger charge is 1.93. The Morgan fingerprint density at radius 2 is 1.21 bits per heavy atom. The van der Waals surface area contributed by atoms with Crippen LogP contribution in [0.2, 0.25) is 0 Å². The first kappa shape index (κ1) is 12.3. The number of hydrogen-bond acceptors (Lipinski definition) is 8. The zero-order valence-electron chi connectivity index (χ0n) is 8.01. The first-order chi connectivity index (χ1) is 6.45. The molecule has 1 aromatic rings. The summed E-state index contributed by atoms with van der Waals surface area (Å²) in [5, 5.41) is 0. The summed E-state index contributed by atoms with van der Waals surface area (Å²) in [4.78, 5) is 10.5. The van der Waals surface area contributed by atoms with E-state index in [1.165, 1.54) is 0 Å². The largest absolute Gasteiger partial charge is 0.368 e. The van der Waals surface area contributed by atoms with Crippen LogP contribution in [-0.2, 0) is 0 Å². The molecular formula is C6H16N8. The van der Waals surface area contributed by atoms with Crippen molar-refractivity contribution in [2.45, 2.75) is 13.0 Å². The Hall–Kier alpha value is -1.67. The molecule has 0 aliphatic rings. The molecule has 1 aromatic heterocycles. The number of aromatic nitrogens is 3. The lowest BCUT2D eigenvalue weighted by Gasteiger charge is -1.93. The van der Waals surface area contributed by atoms with Crippen LogP contribution in [0, 0.1) is 0 Å². The Morgan fingerprint density at radius 3 is 1.36 bits per heavy atom. The number of nitrogen functional groups attached to an aromatic ring is 3. The third kappa shape index (κ3) is 5.91. The summed E-state index contributed by atoms with van der Waals surface area (Å²) >= 11 is 0. The van der Waals surface area contributed by atoms with E-state index < -0.39 is 0 Å². The van der Waals surface area contributed by atoms with Gasteiger partial charge < -0.3 is 28.7 Å². The highest BCUT2D eigenvalue weighted by atomic mass is 15.2. The summed E-state index contributed by atoms with van der Waals surface area (Å²) < 4.78 is 0. The van der Waals surface area contributed by atoms with Crippen LogP contribution < -0.4 is 28.7 Å². The van der Waals surface area contributed by atoms with Crippen molar-refractivity contribution >= 4 is 17.8 Å². The molecule has 1 atom stereocenters. The zero-order valence-corrected chi connectivity index (χ0v) is 8.01. The van der Waals surface area contributed by atoms with Gasteiger partial charge in [0, 0.05) is 12.6 Å². The molecule has 0 spiro atoms. The molecule has 0 radical (unpaired) electrons. The molecule has 0 aliphatic heterocycles. The Kier molecular flexibility index (Phi) is 5.19. The number of nitrogens with two attached hydrogens (primary N) is 5. The Bertz CT molecular complexity index is 222. The second-order valence-corrected chi connectivity index (χ2v) is 2.62. The fourth-order valence-corrected chi connectivity index (χ4v) is 0.427. The smallest absolute Gasteiger partial charge is 0.226 e. The second kappa shape index (κ2) is 5.89. The maximum Gasteiger partial charge on any atom is 0.226 e. The van der Waals surface area contributed by atoms with E-state index >= 15 is 0 Å². The van der Waals surface area contributed by atoms with E-state index in [1.807, 2.05) is 6.92 Å². The van der Waals surface area contributed by atoms with E-state index in [2.05, 4.69) is 15.0 Å². The predicted molar refractivity (Wildman–Crippen MR) is 55.8 cm³/mol. The van der Waals surface area contributed by atoms with Crippen molar-refractivity contribution in [2.24, 2.45) is 11.5 Å². The summed E-state index contributed by atoms with van der Waals surface area (Å²) in [7, 11) is 0. The highest BCUT2D eigenvalue weighted by molar-refractivity contribution is 5.33. The number of rotatable bonds is 1. The topological polar surface area (TPSA) is 169 Å². The van der Waals surface area contributed by atoms with Gasteiger partial charge in [0.05, 0.1) is 0 Å². The lowest BCUT2D eigenvalue weighted by molar-refractivity contribution is 0.752. The van der Waals surface area contributed by atoms with Crippen LogP contribution in [0.5, 0.6) is 0 Å². The van der Waals surface area contributed by atoms with Crippen molar-refractivity contribution in [2.75, 3.05) is 23.7 Å². The van der Waals surface area contributed by atoms with Gasteiger partial charge in [-0.1, -0.05) is 0 Å². The summed E-state index contributed by atoms with van der Waals surface area (Å²) in [6, 6.07) is 0.162. The number of anilines is 3. The molecule has 0 aliphatic carbocycles. The Balaban J connectivity index is 0.000000292. The van der Waals surface area contributed by atoms with Crippen LogP contribution >= 0.6 is 0 Å². The van der Waals surface area contributed by atoms with E-state index in [0.29, 0.717) is 6.54 Å². The maximum absolute atomic E-state index is 5.17. The summed E-state index contributed by atoms with van der Waals surface area (Å²) in [5.74, 6) is 0.125. The van der Waals surface area contributed by atoms with Crippen LogP contribution in [0.3, 0.4) is 0 Å². The average molecular weight is 200 g/mol. The van der Waals surface area contributed by atoms with Crippen LogP contribution in [0.1, 0.15) is 6.92 Å². The van der Waals surface area contributed by atoms with Crippen LogP contribution in [0.25, 0.3) is 0 Å². The van der Waals surface area contributed by atoms with Gasteiger partial charge in [-0.3, -0.25) is 0 Å². The van der Waals surface area contributed by atoms with Crippen molar-refractivity contribution in [1.29, 1.82) is 0 Å². The molecule has 0 amide bonds. The van der Waals surface area contributed by atoms with E-state index in [1.54, 1.807) is 0 Å². The molecule has 14 heavy (non-hydrogen) atoms. The van der Waals surface area contributed by atoms with Gasteiger partial charge in [-0.25, -0.2) is 0 Å². The van der Waals surface area contributed by atoms with Gasteiger partial charge in [-0.2, -0.15) is 15.0 Å². The minimum absolute atomic E-state index is 0.0417. The molecule has 8 heteroatoms. The highest BCUT2D eigenvalue weighted by Crippen LogP contribution is 1.97. The van der Waals surface area contributed by atoms with Gasteiger partial charge in [-0.05, 0) is 6.92 Å². The first-order valence-electron chi connectivity index (χ1n) is 3.93. The molecule has 0 saturated heterocycles. The standard InChI is InChI=1S/C3H6N6.C3H10N2/c4-1-7-2(5)9-3(6)8-1;1-3(5)2-4/h(H6,4,5,6,7,8,9);3H,2,4-5H2,1H3. The second-order valence-electron chi connectivity index (χ2n) is 2.62. The van der Waals surface area contributed by atoms with Crippen LogP contribution in [0.15, 0.2) is 0 Å². The minimum atomic E-state index is 0.0417. The van der Waals surface area contributed by atoms with Gasteiger partial charge in [0.1, 0.15) is 0 Å². The summed E-state index contributed by atoms with van der Waals surface area (Å²) in [5.41, 5.74) is 25.6. The molecule has 1 unspecified atom stereocenters. The first-order valence-corrected chi connectivity index (χ1v) is 3.93. The molecule has 1 heterocycles. The van der Waals surface area contributed by atoms with Crippen molar-refractivity contribution in [1.82, 2.24) is 15.0 Å². The quantitative estimate of drug-likeness (QED) is 0.343. The van der Waals surface area contributed by atoms with E-state index in [9.17, 15) is 0 Å². The summed E-state index contributed by atoms with van der Waals surface area (Å²) in [6.07, 6.45) is 0. The van der Waals surface area contributed by atoms with Gasteiger partial charge in [0.15, 0.2) is 0 Å². The molecule has 0 bridgehead atoms. The summed E-state index contributed by atoms with van der Waals surface area (Å²) in [6.45, 7) is 2.46. The van der Waals surface area contributed by atoms with E-state index in [0.717, 1.165) is 0 Å². The van der Waals surface area contributed by atoms with Gasteiger partial charge >= 0.3 is 0 Å². The lowest BCUT2D eigenvalue weighted by Crippen LogP contribution is -2.25. The molecule has 80 valence electrons. The number of nitrogens with zero attached hydrogens (tertiary/aromatic N) is 3. The molecule has 0 saturated carbocycles. The average Bonchev–Trinajstić information content (AvgIpc) is 2.02. The lowest BCUT2D eigenvalue weighted by atomic mass is 10.4. The third-order valence-corrected chi connectivity index (χ3v) is 1.06. The van der Waals surface area contributed by atoms with E-state index in [-0.39, 0.29) is 23.9 Å². The third-order valence-electron chi connectivity index (χ3n) is 1.06. The molecule has 0 aromatic carbocycles. The number of hydrogen-bond donors (Lipinski definition) is 5. The van der Waals surface area contributed by atoms with Crippen molar-refractivity contribution in [3.8, 4) is 0 Å². The molecule has 8 nitrogen and oxygen atoms in total. The van der Waals surface area contributed by atoms with Gasteiger partial charge in [0.2, 0.25) is 17.8 Å². The monoisotopic (exact) mass is 200 g/mol. The normalized spacial score (nSPS) is 11.4. The SMILES string of the molecule is CC(N)CN.Nc1nc(N)nc(N)n1. The van der Waals surface area contributed by atoms with Gasteiger partial charge in [-0.15, -0.1) is 0 Å².